The van der Waals surface area contributed by atoms with Crippen molar-refractivity contribution < 1.29 is 0 Å². The maximum absolute atomic E-state index is 12.6. The lowest BCUT2D eigenvalue weighted by molar-refractivity contribution is 0.796. The van der Waals surface area contributed by atoms with Gasteiger partial charge < -0.3 is 5.32 Å². The second-order valence-electron chi connectivity index (χ2n) is 5.48. The van der Waals surface area contributed by atoms with E-state index in [4.69, 9.17) is 0 Å². The first kappa shape index (κ1) is 15.0. The summed E-state index contributed by atoms with van der Waals surface area (Å²) in [6, 6.07) is 19.8. The average Bonchev–Trinajstić information content (AvgIpc) is 2.62. The molecular formula is C19H19N3O. The zero-order valence-electron chi connectivity index (χ0n) is 13.0. The molecule has 0 saturated heterocycles. The van der Waals surface area contributed by atoms with Crippen LogP contribution in [0.25, 0.3) is 5.69 Å². The van der Waals surface area contributed by atoms with Gasteiger partial charge in [-0.25, -0.2) is 4.98 Å². The van der Waals surface area contributed by atoms with Crippen molar-refractivity contribution in [1.82, 2.24) is 9.55 Å². The molecule has 0 radical (unpaired) electrons. The molecule has 3 aromatic rings. The largest absolute Gasteiger partial charge is 0.365 e. The number of nitrogens with one attached hydrogen (secondary N) is 1. The lowest BCUT2D eigenvalue weighted by Gasteiger charge is -2.14. The third kappa shape index (κ3) is 3.48. The molecule has 0 aliphatic heterocycles. The SMILES string of the molecule is CC(CNc1nccn(-c2ccccc2)c1=O)c1ccccc1. The standard InChI is InChI=1S/C19H19N3O/c1-15(16-8-4-2-5-9-16)14-21-18-19(23)22(13-12-20-18)17-10-6-3-7-11-17/h2-13,15H,14H2,1H3,(H,20,21). The molecule has 116 valence electrons. The predicted molar refractivity (Wildman–Crippen MR) is 93.2 cm³/mol. The van der Waals surface area contributed by atoms with Crippen LogP contribution >= 0.6 is 0 Å². The first-order valence-corrected chi connectivity index (χ1v) is 7.67. The van der Waals surface area contributed by atoms with Gasteiger partial charge in [0, 0.05) is 24.6 Å². The number of benzene rings is 2. The molecule has 0 amide bonds. The van der Waals surface area contributed by atoms with Crippen LogP contribution < -0.4 is 10.9 Å². The fourth-order valence-corrected chi connectivity index (χ4v) is 2.47. The third-order valence-electron chi connectivity index (χ3n) is 3.82. The van der Waals surface area contributed by atoms with Crippen LogP contribution in [0.2, 0.25) is 0 Å². The Hall–Kier alpha value is -2.88. The maximum atomic E-state index is 12.6. The molecule has 3 rings (SSSR count). The van der Waals surface area contributed by atoms with Crippen molar-refractivity contribution in [2.75, 3.05) is 11.9 Å². The highest BCUT2D eigenvalue weighted by Crippen LogP contribution is 2.14. The summed E-state index contributed by atoms with van der Waals surface area (Å²) < 4.78 is 1.60. The summed E-state index contributed by atoms with van der Waals surface area (Å²) in [6.45, 7) is 2.78. The van der Waals surface area contributed by atoms with Gasteiger partial charge in [-0.2, -0.15) is 0 Å². The van der Waals surface area contributed by atoms with Gasteiger partial charge in [-0.15, -0.1) is 0 Å². The van der Waals surface area contributed by atoms with Gasteiger partial charge in [0.2, 0.25) is 0 Å². The second kappa shape index (κ2) is 6.92. The van der Waals surface area contributed by atoms with E-state index in [1.54, 1.807) is 17.0 Å². The molecule has 0 aliphatic rings. The minimum atomic E-state index is -0.140. The van der Waals surface area contributed by atoms with Gasteiger partial charge in [0.15, 0.2) is 5.82 Å². The highest BCUT2D eigenvalue weighted by atomic mass is 16.1. The molecular weight excluding hydrogens is 286 g/mol. The average molecular weight is 305 g/mol. The summed E-state index contributed by atoms with van der Waals surface area (Å²) in [7, 11) is 0. The van der Waals surface area contributed by atoms with E-state index >= 15 is 0 Å². The van der Waals surface area contributed by atoms with E-state index < -0.39 is 0 Å². The summed E-state index contributed by atoms with van der Waals surface area (Å²) in [5.41, 5.74) is 1.93. The van der Waals surface area contributed by atoms with Crippen molar-refractivity contribution in [2.24, 2.45) is 0 Å². The zero-order chi connectivity index (χ0) is 16.1. The van der Waals surface area contributed by atoms with Crippen molar-refractivity contribution >= 4 is 5.82 Å². The Morgan fingerprint density at radius 2 is 1.70 bits per heavy atom. The minimum absolute atomic E-state index is 0.140. The van der Waals surface area contributed by atoms with Gasteiger partial charge in [0.05, 0.1) is 0 Å². The molecule has 1 atom stereocenters. The molecule has 0 aliphatic carbocycles. The summed E-state index contributed by atoms with van der Waals surface area (Å²) in [5, 5.41) is 3.18. The zero-order valence-corrected chi connectivity index (χ0v) is 13.0. The Morgan fingerprint density at radius 3 is 2.39 bits per heavy atom. The summed E-state index contributed by atoms with van der Waals surface area (Å²) in [6.07, 6.45) is 3.33. The van der Waals surface area contributed by atoms with Crippen LogP contribution in [0.4, 0.5) is 5.82 Å². The van der Waals surface area contributed by atoms with Gasteiger partial charge in [-0.3, -0.25) is 9.36 Å². The van der Waals surface area contributed by atoms with Gasteiger partial charge in [0.25, 0.3) is 5.56 Å². The Labute approximate surface area is 135 Å². The van der Waals surface area contributed by atoms with Crippen LogP contribution in [0, 0.1) is 0 Å². The molecule has 0 spiro atoms. The number of aromatic nitrogens is 2. The first-order valence-electron chi connectivity index (χ1n) is 7.67. The number of nitrogens with zero attached hydrogens (tertiary/aromatic N) is 2. The maximum Gasteiger partial charge on any atom is 0.297 e. The molecule has 1 unspecified atom stereocenters. The number of hydrogen-bond donors (Lipinski definition) is 1. The fraction of sp³-hybridized carbons (Fsp3) is 0.158. The van der Waals surface area contributed by atoms with Crippen LogP contribution in [0.1, 0.15) is 18.4 Å². The van der Waals surface area contributed by atoms with E-state index in [9.17, 15) is 4.79 Å². The molecule has 23 heavy (non-hydrogen) atoms. The van der Waals surface area contributed by atoms with Crippen LogP contribution in [-0.2, 0) is 0 Å². The van der Waals surface area contributed by atoms with E-state index in [0.717, 1.165) is 5.69 Å². The Balaban J connectivity index is 1.78. The van der Waals surface area contributed by atoms with Crippen molar-refractivity contribution in [3.63, 3.8) is 0 Å². The Bertz CT molecular complexity index is 813. The molecule has 0 bridgehead atoms. The molecule has 2 aromatic carbocycles. The fourth-order valence-electron chi connectivity index (χ4n) is 2.47. The molecule has 4 heteroatoms. The summed E-state index contributed by atoms with van der Waals surface area (Å²) >= 11 is 0. The highest BCUT2D eigenvalue weighted by molar-refractivity contribution is 5.38. The van der Waals surface area contributed by atoms with Crippen molar-refractivity contribution in [1.29, 1.82) is 0 Å². The Morgan fingerprint density at radius 1 is 1.04 bits per heavy atom. The minimum Gasteiger partial charge on any atom is -0.365 e. The number of hydrogen-bond acceptors (Lipinski definition) is 3. The molecule has 0 fully saturated rings. The molecule has 0 saturated carbocycles. The van der Waals surface area contributed by atoms with E-state index in [2.05, 4.69) is 29.4 Å². The molecule has 4 nitrogen and oxygen atoms in total. The summed E-state index contributed by atoms with van der Waals surface area (Å²) in [4.78, 5) is 16.7. The van der Waals surface area contributed by atoms with Crippen molar-refractivity contribution in [3.8, 4) is 5.69 Å². The lowest BCUT2D eigenvalue weighted by atomic mass is 10.0. The van der Waals surface area contributed by atoms with E-state index in [0.29, 0.717) is 18.3 Å². The normalized spacial score (nSPS) is 11.9. The first-order chi connectivity index (χ1) is 11.3. The number of anilines is 1. The quantitative estimate of drug-likeness (QED) is 0.785. The molecule has 1 N–H and O–H groups in total. The van der Waals surface area contributed by atoms with Crippen LogP contribution in [0.15, 0.2) is 77.9 Å². The van der Waals surface area contributed by atoms with Crippen molar-refractivity contribution in [3.05, 3.63) is 89.0 Å². The van der Waals surface area contributed by atoms with E-state index in [-0.39, 0.29) is 5.56 Å². The van der Waals surface area contributed by atoms with Crippen LogP contribution in [0.5, 0.6) is 0 Å². The molecule has 1 heterocycles. The van der Waals surface area contributed by atoms with Gasteiger partial charge in [-0.05, 0) is 23.6 Å². The lowest BCUT2D eigenvalue weighted by Crippen LogP contribution is -2.24. The van der Waals surface area contributed by atoms with Gasteiger partial charge in [0.1, 0.15) is 0 Å². The van der Waals surface area contributed by atoms with Gasteiger partial charge in [-0.1, -0.05) is 55.5 Å². The second-order valence-corrected chi connectivity index (χ2v) is 5.48. The van der Waals surface area contributed by atoms with E-state index in [1.807, 2.05) is 48.5 Å². The summed E-state index contributed by atoms with van der Waals surface area (Å²) in [5.74, 6) is 0.668. The number of para-hydroxylation sites is 1. The van der Waals surface area contributed by atoms with E-state index in [1.165, 1.54) is 5.56 Å². The smallest absolute Gasteiger partial charge is 0.297 e. The monoisotopic (exact) mass is 305 g/mol. The molecule has 1 aromatic heterocycles. The van der Waals surface area contributed by atoms with Crippen LogP contribution in [-0.4, -0.2) is 16.1 Å². The third-order valence-corrected chi connectivity index (χ3v) is 3.82. The predicted octanol–water partition coefficient (Wildman–Crippen LogP) is 3.45. The topological polar surface area (TPSA) is 46.9 Å². The van der Waals surface area contributed by atoms with Crippen molar-refractivity contribution in [2.45, 2.75) is 12.8 Å². The Kier molecular flexibility index (Phi) is 4.52. The van der Waals surface area contributed by atoms with Crippen LogP contribution in [0.3, 0.4) is 0 Å². The highest BCUT2D eigenvalue weighted by Gasteiger charge is 2.09. The van der Waals surface area contributed by atoms with Gasteiger partial charge >= 0.3 is 0 Å². The number of rotatable bonds is 5.